The van der Waals surface area contributed by atoms with E-state index in [0.717, 1.165) is 0 Å². The fourth-order valence-electron chi connectivity index (χ4n) is 1.44. The topological polar surface area (TPSA) is 122 Å². The summed E-state index contributed by atoms with van der Waals surface area (Å²) in [6, 6.07) is -1.82. The maximum atomic E-state index is 11.6. The summed E-state index contributed by atoms with van der Waals surface area (Å²) in [5, 5.41) is 13.6. The molecule has 0 radical (unpaired) electrons. The molecular weight excluding hydrogens is 238 g/mol. The fraction of sp³-hybridized carbons (Fsp3) is 0.727. The standard InChI is InChI=1S/C11H21N3O4/c1-4-7(5-8(15)16)13-11(18)14-9(6(2)3)10(12)17/h6-7,9H,4-5H2,1-3H3,(H2,12,17)(H,15,16)(H2,13,14,18). The summed E-state index contributed by atoms with van der Waals surface area (Å²) >= 11 is 0. The van der Waals surface area contributed by atoms with E-state index in [1.807, 2.05) is 0 Å². The summed E-state index contributed by atoms with van der Waals surface area (Å²) in [6.45, 7) is 5.27. The van der Waals surface area contributed by atoms with Gasteiger partial charge in [0.15, 0.2) is 0 Å². The Morgan fingerprint density at radius 3 is 2.11 bits per heavy atom. The summed E-state index contributed by atoms with van der Waals surface area (Å²) in [5.74, 6) is -1.74. The van der Waals surface area contributed by atoms with E-state index in [1.54, 1.807) is 20.8 Å². The predicted octanol–water partition coefficient (Wildman–Crippen LogP) is 0.0488. The van der Waals surface area contributed by atoms with Crippen molar-refractivity contribution in [3.8, 4) is 0 Å². The minimum Gasteiger partial charge on any atom is -0.481 e. The number of primary amides is 1. The minimum absolute atomic E-state index is 0.132. The monoisotopic (exact) mass is 259 g/mol. The highest BCUT2D eigenvalue weighted by Crippen LogP contribution is 2.02. The van der Waals surface area contributed by atoms with E-state index in [0.29, 0.717) is 6.42 Å². The highest BCUT2D eigenvalue weighted by atomic mass is 16.4. The van der Waals surface area contributed by atoms with Crippen molar-refractivity contribution in [2.24, 2.45) is 11.7 Å². The molecule has 0 aliphatic rings. The predicted molar refractivity (Wildman–Crippen MR) is 65.8 cm³/mol. The van der Waals surface area contributed by atoms with Gasteiger partial charge in [0.05, 0.1) is 6.42 Å². The van der Waals surface area contributed by atoms with Crippen LogP contribution in [0.4, 0.5) is 4.79 Å². The molecule has 5 N–H and O–H groups in total. The zero-order chi connectivity index (χ0) is 14.3. The number of carbonyl (C=O) groups excluding carboxylic acids is 2. The minimum atomic E-state index is -0.988. The Bertz CT molecular complexity index is 317. The van der Waals surface area contributed by atoms with E-state index in [-0.39, 0.29) is 12.3 Å². The molecule has 0 saturated heterocycles. The van der Waals surface area contributed by atoms with Gasteiger partial charge in [0, 0.05) is 6.04 Å². The SMILES string of the molecule is CCC(CC(=O)O)NC(=O)NC(C(N)=O)C(C)C. The van der Waals surface area contributed by atoms with Crippen molar-refractivity contribution >= 4 is 17.9 Å². The molecule has 0 rings (SSSR count). The third-order valence-corrected chi connectivity index (χ3v) is 2.51. The summed E-state index contributed by atoms with van der Waals surface area (Å²) in [5.41, 5.74) is 5.15. The van der Waals surface area contributed by atoms with Gasteiger partial charge in [0.25, 0.3) is 0 Å². The lowest BCUT2D eigenvalue weighted by atomic mass is 10.0. The number of urea groups is 1. The lowest BCUT2D eigenvalue weighted by Gasteiger charge is -2.21. The van der Waals surface area contributed by atoms with E-state index in [4.69, 9.17) is 10.8 Å². The molecular formula is C11H21N3O4. The van der Waals surface area contributed by atoms with Gasteiger partial charge in [0.1, 0.15) is 6.04 Å². The van der Waals surface area contributed by atoms with Gasteiger partial charge in [-0.25, -0.2) is 4.79 Å². The van der Waals surface area contributed by atoms with Crippen molar-refractivity contribution in [3.63, 3.8) is 0 Å². The number of rotatable bonds is 7. The Labute approximate surface area is 106 Å². The van der Waals surface area contributed by atoms with Gasteiger partial charge < -0.3 is 21.5 Å². The Morgan fingerprint density at radius 2 is 1.78 bits per heavy atom. The molecule has 0 aromatic carbocycles. The maximum Gasteiger partial charge on any atom is 0.315 e. The van der Waals surface area contributed by atoms with Crippen LogP contribution in [-0.2, 0) is 9.59 Å². The van der Waals surface area contributed by atoms with Gasteiger partial charge in [0.2, 0.25) is 5.91 Å². The van der Waals surface area contributed by atoms with Crippen LogP contribution in [0, 0.1) is 5.92 Å². The van der Waals surface area contributed by atoms with Gasteiger partial charge in [-0.15, -0.1) is 0 Å². The van der Waals surface area contributed by atoms with E-state index in [1.165, 1.54) is 0 Å². The van der Waals surface area contributed by atoms with Crippen LogP contribution in [0.3, 0.4) is 0 Å². The number of aliphatic carboxylic acids is 1. The first-order chi connectivity index (χ1) is 8.27. The van der Waals surface area contributed by atoms with Gasteiger partial charge in [-0.2, -0.15) is 0 Å². The van der Waals surface area contributed by atoms with Crippen molar-refractivity contribution in [2.75, 3.05) is 0 Å². The first-order valence-electron chi connectivity index (χ1n) is 5.86. The normalized spacial score (nSPS) is 13.8. The van der Waals surface area contributed by atoms with Gasteiger partial charge in [-0.05, 0) is 12.3 Å². The number of carboxylic acids is 1. The largest absolute Gasteiger partial charge is 0.481 e. The van der Waals surface area contributed by atoms with Crippen molar-refractivity contribution < 1.29 is 19.5 Å². The van der Waals surface area contributed by atoms with Gasteiger partial charge in [-0.3, -0.25) is 9.59 Å². The highest BCUT2D eigenvalue weighted by Gasteiger charge is 2.23. The molecule has 2 atom stereocenters. The van der Waals surface area contributed by atoms with Crippen LogP contribution >= 0.6 is 0 Å². The molecule has 104 valence electrons. The van der Waals surface area contributed by atoms with E-state index >= 15 is 0 Å². The number of amides is 3. The Balaban J connectivity index is 4.38. The third-order valence-electron chi connectivity index (χ3n) is 2.51. The van der Waals surface area contributed by atoms with Gasteiger partial charge >= 0.3 is 12.0 Å². The van der Waals surface area contributed by atoms with Gasteiger partial charge in [-0.1, -0.05) is 20.8 Å². The van der Waals surface area contributed by atoms with E-state index in [2.05, 4.69) is 10.6 Å². The zero-order valence-electron chi connectivity index (χ0n) is 10.9. The number of nitrogens with one attached hydrogen (secondary N) is 2. The fourth-order valence-corrected chi connectivity index (χ4v) is 1.44. The quantitative estimate of drug-likeness (QED) is 0.516. The molecule has 18 heavy (non-hydrogen) atoms. The van der Waals surface area contributed by atoms with Crippen LogP contribution in [0.1, 0.15) is 33.6 Å². The smallest absolute Gasteiger partial charge is 0.315 e. The number of hydrogen-bond acceptors (Lipinski definition) is 3. The molecule has 7 nitrogen and oxygen atoms in total. The van der Waals surface area contributed by atoms with Crippen molar-refractivity contribution in [2.45, 2.75) is 45.7 Å². The molecule has 0 bridgehead atoms. The summed E-state index contributed by atoms with van der Waals surface area (Å²) in [7, 11) is 0. The lowest BCUT2D eigenvalue weighted by Crippen LogP contribution is -2.53. The number of carboxylic acid groups (broad SMARTS) is 1. The number of carbonyl (C=O) groups is 3. The van der Waals surface area contributed by atoms with Crippen molar-refractivity contribution in [1.29, 1.82) is 0 Å². The van der Waals surface area contributed by atoms with Crippen LogP contribution in [0.2, 0.25) is 0 Å². The Kier molecular flexibility index (Phi) is 6.77. The molecule has 0 aromatic rings. The van der Waals surface area contributed by atoms with Crippen LogP contribution in [-0.4, -0.2) is 35.1 Å². The third kappa shape index (κ3) is 6.07. The molecule has 0 aliphatic carbocycles. The molecule has 0 saturated carbocycles. The van der Waals surface area contributed by atoms with Crippen molar-refractivity contribution in [1.82, 2.24) is 10.6 Å². The molecule has 7 heteroatoms. The van der Waals surface area contributed by atoms with E-state index in [9.17, 15) is 14.4 Å². The average Bonchev–Trinajstić information content (AvgIpc) is 2.23. The summed E-state index contributed by atoms with van der Waals surface area (Å²) in [4.78, 5) is 33.2. The number of hydrogen-bond donors (Lipinski definition) is 4. The second-order valence-corrected chi connectivity index (χ2v) is 4.44. The second-order valence-electron chi connectivity index (χ2n) is 4.44. The molecule has 0 spiro atoms. The molecule has 2 unspecified atom stereocenters. The average molecular weight is 259 g/mol. The Hall–Kier alpha value is -1.79. The Morgan fingerprint density at radius 1 is 1.22 bits per heavy atom. The molecule has 0 fully saturated rings. The molecule has 0 heterocycles. The van der Waals surface area contributed by atoms with E-state index < -0.39 is 30.0 Å². The van der Waals surface area contributed by atoms with Crippen molar-refractivity contribution in [3.05, 3.63) is 0 Å². The maximum absolute atomic E-state index is 11.6. The molecule has 0 aromatic heterocycles. The molecule has 0 aliphatic heterocycles. The number of nitrogens with two attached hydrogens (primary N) is 1. The zero-order valence-corrected chi connectivity index (χ0v) is 10.9. The molecule has 3 amide bonds. The summed E-state index contributed by atoms with van der Waals surface area (Å²) < 4.78 is 0. The highest BCUT2D eigenvalue weighted by molar-refractivity contribution is 5.86. The van der Waals surface area contributed by atoms with Crippen LogP contribution < -0.4 is 16.4 Å². The van der Waals surface area contributed by atoms with Crippen LogP contribution in [0.25, 0.3) is 0 Å². The lowest BCUT2D eigenvalue weighted by molar-refractivity contribution is -0.137. The first kappa shape index (κ1) is 16.2. The van der Waals surface area contributed by atoms with Crippen LogP contribution in [0.15, 0.2) is 0 Å². The van der Waals surface area contributed by atoms with Crippen LogP contribution in [0.5, 0.6) is 0 Å². The summed E-state index contributed by atoms with van der Waals surface area (Å²) in [6.07, 6.45) is 0.329. The first-order valence-corrected chi connectivity index (χ1v) is 5.86. The second kappa shape index (κ2) is 7.52.